The molecular formula is C20H22ClN5O2. The van der Waals surface area contributed by atoms with Gasteiger partial charge in [-0.15, -0.1) is 0 Å². The largest absolute Gasteiger partial charge is 0.391 e. The van der Waals surface area contributed by atoms with Crippen LogP contribution in [-0.4, -0.2) is 46.0 Å². The van der Waals surface area contributed by atoms with E-state index in [1.54, 1.807) is 23.1 Å². The fraction of sp³-hybridized carbons (Fsp3) is 0.450. The zero-order valence-electron chi connectivity index (χ0n) is 15.3. The van der Waals surface area contributed by atoms with Gasteiger partial charge in [-0.1, -0.05) is 23.7 Å². The first-order chi connectivity index (χ1) is 13.5. The molecule has 0 radical (unpaired) electrons. The summed E-state index contributed by atoms with van der Waals surface area (Å²) in [5, 5.41) is 27.3. The minimum Gasteiger partial charge on any atom is -0.391 e. The van der Waals surface area contributed by atoms with E-state index in [0.29, 0.717) is 36.6 Å². The zero-order chi connectivity index (χ0) is 19.7. The lowest BCUT2D eigenvalue weighted by molar-refractivity contribution is -0.127. The van der Waals surface area contributed by atoms with E-state index in [9.17, 15) is 15.2 Å². The number of benzene rings is 1. The molecule has 1 aliphatic carbocycles. The minimum atomic E-state index is -0.546. The van der Waals surface area contributed by atoms with Crippen LogP contribution < -0.4 is 10.2 Å². The molecule has 2 aromatic rings. The van der Waals surface area contributed by atoms with Crippen molar-refractivity contribution in [1.82, 2.24) is 15.1 Å². The standard InChI is InChI=1S/C20H22ClN5O2/c21-16-8-23-26(12-16)9-13-5-17(19(27)6-13)24-20(28)15-10-25(11-15)18-4-2-1-3-14(18)7-22/h1-4,8,12-13,15,17,19,27H,5-6,9-11H2,(H,24,28)/t13?,17-,19-/m1/s1. The fourth-order valence-electron chi connectivity index (χ4n) is 4.11. The van der Waals surface area contributed by atoms with Crippen molar-refractivity contribution in [3.05, 3.63) is 47.2 Å². The number of hydrogen-bond donors (Lipinski definition) is 2. The van der Waals surface area contributed by atoms with Gasteiger partial charge in [0.2, 0.25) is 5.91 Å². The zero-order valence-corrected chi connectivity index (χ0v) is 16.1. The summed E-state index contributed by atoms with van der Waals surface area (Å²) in [4.78, 5) is 14.6. The molecule has 2 heterocycles. The molecular weight excluding hydrogens is 378 g/mol. The summed E-state index contributed by atoms with van der Waals surface area (Å²) in [7, 11) is 0. The lowest BCUT2D eigenvalue weighted by atomic mass is 9.96. The Labute approximate surface area is 168 Å². The first-order valence-electron chi connectivity index (χ1n) is 9.44. The lowest BCUT2D eigenvalue weighted by Crippen LogP contribution is -2.56. The summed E-state index contributed by atoms with van der Waals surface area (Å²) in [5.41, 5.74) is 1.49. The SMILES string of the molecule is N#Cc1ccccc1N1CC(C(=O)N[C@@H]2CC(Cn3cc(Cl)cn3)C[C@H]2O)C1. The highest BCUT2D eigenvalue weighted by Crippen LogP contribution is 2.30. The van der Waals surface area contributed by atoms with E-state index in [1.807, 2.05) is 23.1 Å². The summed E-state index contributed by atoms with van der Waals surface area (Å²) in [6.07, 6.45) is 4.17. The number of aromatic nitrogens is 2. The van der Waals surface area contributed by atoms with Crippen LogP contribution in [0.4, 0.5) is 5.69 Å². The van der Waals surface area contributed by atoms with E-state index in [2.05, 4.69) is 16.5 Å². The van der Waals surface area contributed by atoms with Crippen LogP contribution in [0.25, 0.3) is 0 Å². The van der Waals surface area contributed by atoms with Gasteiger partial charge in [0, 0.05) is 25.8 Å². The van der Waals surface area contributed by atoms with Crippen molar-refractivity contribution < 1.29 is 9.90 Å². The van der Waals surface area contributed by atoms with Crippen LogP contribution in [0.15, 0.2) is 36.7 Å². The third-order valence-electron chi connectivity index (χ3n) is 5.62. The number of hydrogen-bond acceptors (Lipinski definition) is 5. The van der Waals surface area contributed by atoms with Gasteiger partial charge >= 0.3 is 0 Å². The van der Waals surface area contributed by atoms with Crippen LogP contribution in [0, 0.1) is 23.2 Å². The van der Waals surface area contributed by atoms with Gasteiger partial charge in [0.15, 0.2) is 0 Å². The number of rotatable bonds is 5. The highest BCUT2D eigenvalue weighted by atomic mass is 35.5. The van der Waals surface area contributed by atoms with Gasteiger partial charge in [-0.2, -0.15) is 10.4 Å². The summed E-state index contributed by atoms with van der Waals surface area (Å²) in [6, 6.07) is 9.37. The number of carbonyl (C=O) groups is 1. The van der Waals surface area contributed by atoms with E-state index in [4.69, 9.17) is 11.6 Å². The van der Waals surface area contributed by atoms with Crippen LogP contribution in [-0.2, 0) is 11.3 Å². The second-order valence-corrected chi connectivity index (χ2v) is 8.07. The van der Waals surface area contributed by atoms with Gasteiger partial charge in [-0.3, -0.25) is 9.48 Å². The average molecular weight is 400 g/mol. The number of aliphatic hydroxyl groups excluding tert-OH is 1. The van der Waals surface area contributed by atoms with Crippen molar-refractivity contribution >= 4 is 23.2 Å². The number of halogens is 1. The van der Waals surface area contributed by atoms with Crippen molar-refractivity contribution in [3.63, 3.8) is 0 Å². The molecule has 1 saturated heterocycles. The molecule has 1 aromatic heterocycles. The molecule has 2 N–H and O–H groups in total. The number of nitrogens with zero attached hydrogens (tertiary/aromatic N) is 4. The molecule has 1 unspecified atom stereocenters. The Kier molecular flexibility index (Phi) is 5.25. The van der Waals surface area contributed by atoms with Crippen molar-refractivity contribution in [2.24, 2.45) is 11.8 Å². The first kappa shape index (κ1) is 18.8. The van der Waals surface area contributed by atoms with Crippen molar-refractivity contribution in [1.29, 1.82) is 5.26 Å². The van der Waals surface area contributed by atoms with E-state index in [-0.39, 0.29) is 23.8 Å². The molecule has 28 heavy (non-hydrogen) atoms. The molecule has 0 spiro atoms. The van der Waals surface area contributed by atoms with E-state index in [0.717, 1.165) is 12.1 Å². The number of nitrogens with one attached hydrogen (secondary N) is 1. The first-order valence-corrected chi connectivity index (χ1v) is 9.81. The van der Waals surface area contributed by atoms with Crippen molar-refractivity contribution in [2.45, 2.75) is 31.5 Å². The molecule has 1 saturated carbocycles. The third kappa shape index (κ3) is 3.84. The fourth-order valence-corrected chi connectivity index (χ4v) is 4.27. The van der Waals surface area contributed by atoms with Crippen molar-refractivity contribution in [3.8, 4) is 6.07 Å². The third-order valence-corrected chi connectivity index (χ3v) is 5.81. The predicted octanol–water partition coefficient (Wildman–Crippen LogP) is 1.80. The monoisotopic (exact) mass is 399 g/mol. The quantitative estimate of drug-likeness (QED) is 0.799. The second kappa shape index (κ2) is 7.82. The van der Waals surface area contributed by atoms with Crippen LogP contribution >= 0.6 is 11.6 Å². The molecule has 2 fully saturated rings. The summed E-state index contributed by atoms with van der Waals surface area (Å²) >= 11 is 5.89. The maximum Gasteiger partial charge on any atom is 0.227 e. The molecule has 0 bridgehead atoms. The van der Waals surface area contributed by atoms with E-state index in [1.165, 1.54) is 0 Å². The number of carbonyl (C=O) groups excluding carboxylic acids is 1. The molecule has 3 atom stereocenters. The van der Waals surface area contributed by atoms with Crippen LogP contribution in [0.3, 0.4) is 0 Å². The molecule has 1 amide bonds. The Morgan fingerprint density at radius 1 is 1.36 bits per heavy atom. The van der Waals surface area contributed by atoms with Gasteiger partial charge in [0.05, 0.1) is 40.5 Å². The van der Waals surface area contributed by atoms with Gasteiger partial charge in [-0.25, -0.2) is 0 Å². The maximum absolute atomic E-state index is 12.6. The summed E-state index contributed by atoms with van der Waals surface area (Å²) in [5.74, 6) is 0.0945. The molecule has 4 rings (SSSR count). The molecule has 8 heteroatoms. The highest BCUT2D eigenvalue weighted by Gasteiger charge is 2.38. The van der Waals surface area contributed by atoms with Crippen LogP contribution in [0.1, 0.15) is 18.4 Å². The Hall–Kier alpha value is -2.56. The number of nitriles is 1. The highest BCUT2D eigenvalue weighted by molar-refractivity contribution is 6.30. The van der Waals surface area contributed by atoms with Gasteiger partial charge < -0.3 is 15.3 Å². The van der Waals surface area contributed by atoms with Crippen LogP contribution in [0.2, 0.25) is 5.02 Å². The molecule has 7 nitrogen and oxygen atoms in total. The number of amides is 1. The predicted molar refractivity (Wildman–Crippen MR) is 105 cm³/mol. The van der Waals surface area contributed by atoms with E-state index >= 15 is 0 Å². The van der Waals surface area contributed by atoms with Gasteiger partial charge in [0.25, 0.3) is 0 Å². The number of aliphatic hydroxyl groups is 1. The normalized spacial score (nSPS) is 24.6. The molecule has 2 aliphatic rings. The Morgan fingerprint density at radius 2 is 2.14 bits per heavy atom. The summed E-state index contributed by atoms with van der Waals surface area (Å²) in [6.45, 7) is 1.85. The van der Waals surface area contributed by atoms with Gasteiger partial charge in [0.1, 0.15) is 6.07 Å². The Bertz CT molecular complexity index is 902. The molecule has 146 valence electrons. The average Bonchev–Trinajstić information content (AvgIpc) is 3.19. The minimum absolute atomic E-state index is 0.0301. The Balaban J connectivity index is 1.28. The van der Waals surface area contributed by atoms with Gasteiger partial charge in [-0.05, 0) is 30.9 Å². The maximum atomic E-state index is 12.6. The van der Waals surface area contributed by atoms with Crippen LogP contribution in [0.5, 0.6) is 0 Å². The number of para-hydroxylation sites is 1. The van der Waals surface area contributed by atoms with Crippen molar-refractivity contribution in [2.75, 3.05) is 18.0 Å². The lowest BCUT2D eigenvalue weighted by Gasteiger charge is -2.41. The molecule has 1 aliphatic heterocycles. The Morgan fingerprint density at radius 3 is 2.86 bits per heavy atom. The topological polar surface area (TPSA) is 94.2 Å². The van der Waals surface area contributed by atoms with E-state index < -0.39 is 6.10 Å². The second-order valence-electron chi connectivity index (χ2n) is 7.63. The number of anilines is 1. The smallest absolute Gasteiger partial charge is 0.227 e. The molecule has 1 aromatic carbocycles. The summed E-state index contributed by atoms with van der Waals surface area (Å²) < 4.78 is 1.78.